The Morgan fingerprint density at radius 2 is 1.95 bits per heavy atom. The van der Waals surface area contributed by atoms with Gasteiger partial charge in [-0.2, -0.15) is 0 Å². The highest BCUT2D eigenvalue weighted by atomic mass is 16.5. The van der Waals surface area contributed by atoms with Crippen molar-refractivity contribution in [2.45, 2.75) is 64.4 Å². The van der Waals surface area contributed by atoms with Gasteiger partial charge in [0.15, 0.2) is 0 Å². The van der Waals surface area contributed by atoms with E-state index in [4.69, 9.17) is 4.74 Å². The molecular weight excluding hydrogens is 248 g/mol. The molecule has 1 aliphatic rings. The number of ether oxygens (including phenoxy) is 1. The van der Waals surface area contributed by atoms with Gasteiger partial charge in [-0.25, -0.2) is 0 Å². The average Bonchev–Trinajstić information content (AvgIpc) is 2.86. The fraction of sp³-hybridized carbons (Fsp3) is 0.611. The molecule has 2 heteroatoms. The van der Waals surface area contributed by atoms with Crippen LogP contribution < -0.4 is 0 Å². The zero-order chi connectivity index (χ0) is 14.2. The van der Waals surface area contributed by atoms with Crippen molar-refractivity contribution >= 4 is 5.97 Å². The van der Waals surface area contributed by atoms with E-state index in [1.165, 1.54) is 51.0 Å². The molecule has 0 aliphatic heterocycles. The molecule has 20 heavy (non-hydrogen) atoms. The van der Waals surface area contributed by atoms with Crippen LogP contribution in [0.4, 0.5) is 0 Å². The van der Waals surface area contributed by atoms with Gasteiger partial charge in [0.05, 0.1) is 0 Å². The highest BCUT2D eigenvalue weighted by molar-refractivity contribution is 5.66. The first-order valence-corrected chi connectivity index (χ1v) is 7.95. The summed E-state index contributed by atoms with van der Waals surface area (Å²) in [6.45, 7) is 1.51. The zero-order valence-corrected chi connectivity index (χ0v) is 12.5. The second kappa shape index (κ2) is 8.08. The number of rotatable bonds is 7. The van der Waals surface area contributed by atoms with Gasteiger partial charge in [-0.3, -0.25) is 4.79 Å². The van der Waals surface area contributed by atoms with Crippen molar-refractivity contribution in [3.05, 3.63) is 35.9 Å². The standard InChI is InChI=1S/C18H26O2/c1-15(19)20-18-13-12-17(14-18)11-7-3-6-10-16-8-4-2-5-9-16/h2,4-5,8-9,17-18H,3,6-7,10-14H2,1H3. The maximum Gasteiger partial charge on any atom is 0.302 e. The summed E-state index contributed by atoms with van der Waals surface area (Å²) in [4.78, 5) is 10.9. The number of esters is 1. The van der Waals surface area contributed by atoms with Crippen molar-refractivity contribution in [1.82, 2.24) is 0 Å². The topological polar surface area (TPSA) is 26.3 Å². The van der Waals surface area contributed by atoms with E-state index < -0.39 is 0 Å². The Morgan fingerprint density at radius 1 is 1.15 bits per heavy atom. The molecule has 2 rings (SSSR count). The molecule has 0 N–H and O–H groups in total. The summed E-state index contributed by atoms with van der Waals surface area (Å²) in [6, 6.07) is 10.7. The van der Waals surface area contributed by atoms with E-state index in [9.17, 15) is 4.79 Å². The van der Waals surface area contributed by atoms with E-state index in [0.717, 1.165) is 18.8 Å². The van der Waals surface area contributed by atoms with Crippen molar-refractivity contribution in [2.75, 3.05) is 0 Å². The average molecular weight is 274 g/mol. The van der Waals surface area contributed by atoms with Gasteiger partial charge in [-0.05, 0) is 43.6 Å². The van der Waals surface area contributed by atoms with Crippen LogP contribution in [-0.2, 0) is 16.0 Å². The third-order valence-corrected chi connectivity index (χ3v) is 4.25. The third-order valence-electron chi connectivity index (χ3n) is 4.25. The molecule has 0 amide bonds. The van der Waals surface area contributed by atoms with Crippen LogP contribution in [0, 0.1) is 5.92 Å². The maximum atomic E-state index is 10.9. The Hall–Kier alpha value is -1.31. The van der Waals surface area contributed by atoms with Crippen molar-refractivity contribution in [2.24, 2.45) is 5.92 Å². The minimum absolute atomic E-state index is 0.126. The predicted octanol–water partition coefficient (Wildman–Crippen LogP) is 4.52. The lowest BCUT2D eigenvalue weighted by atomic mass is 9.98. The summed E-state index contributed by atoms with van der Waals surface area (Å²) < 4.78 is 5.29. The molecular formula is C18H26O2. The van der Waals surface area contributed by atoms with Crippen LogP contribution >= 0.6 is 0 Å². The molecule has 0 saturated heterocycles. The summed E-state index contributed by atoms with van der Waals surface area (Å²) in [5.74, 6) is 0.648. The summed E-state index contributed by atoms with van der Waals surface area (Å²) in [5.41, 5.74) is 1.45. The second-order valence-corrected chi connectivity index (χ2v) is 6.00. The first kappa shape index (κ1) is 15.1. The normalized spacial score (nSPS) is 21.9. The Kier molecular flexibility index (Phi) is 6.10. The minimum atomic E-state index is -0.126. The maximum absolute atomic E-state index is 10.9. The van der Waals surface area contributed by atoms with Crippen molar-refractivity contribution in [3.8, 4) is 0 Å². The predicted molar refractivity (Wildman–Crippen MR) is 81.5 cm³/mol. The van der Waals surface area contributed by atoms with E-state index in [0.29, 0.717) is 0 Å². The smallest absolute Gasteiger partial charge is 0.302 e. The van der Waals surface area contributed by atoms with E-state index >= 15 is 0 Å². The number of benzene rings is 1. The lowest BCUT2D eigenvalue weighted by Crippen LogP contribution is -2.12. The van der Waals surface area contributed by atoms with Gasteiger partial charge in [-0.1, -0.05) is 49.6 Å². The van der Waals surface area contributed by atoms with Crippen LogP contribution in [0.3, 0.4) is 0 Å². The van der Waals surface area contributed by atoms with Crippen LogP contribution in [0.5, 0.6) is 0 Å². The molecule has 2 atom stereocenters. The van der Waals surface area contributed by atoms with Crippen LogP contribution in [0.2, 0.25) is 0 Å². The van der Waals surface area contributed by atoms with Gasteiger partial charge in [0, 0.05) is 6.92 Å². The van der Waals surface area contributed by atoms with E-state index in [2.05, 4.69) is 30.3 Å². The fourth-order valence-electron chi connectivity index (χ4n) is 3.22. The number of carbonyl (C=O) groups excluding carboxylic acids is 1. The van der Waals surface area contributed by atoms with Crippen LogP contribution in [0.25, 0.3) is 0 Å². The molecule has 0 bridgehead atoms. The SMILES string of the molecule is CC(=O)OC1CCC(CCCCCc2ccccc2)C1. The number of aryl methyl sites for hydroxylation is 1. The van der Waals surface area contributed by atoms with E-state index in [1.54, 1.807) is 0 Å². The van der Waals surface area contributed by atoms with Gasteiger partial charge >= 0.3 is 5.97 Å². The van der Waals surface area contributed by atoms with Crippen LogP contribution in [0.15, 0.2) is 30.3 Å². The van der Waals surface area contributed by atoms with E-state index in [-0.39, 0.29) is 12.1 Å². The second-order valence-electron chi connectivity index (χ2n) is 6.00. The van der Waals surface area contributed by atoms with Gasteiger partial charge in [-0.15, -0.1) is 0 Å². The lowest BCUT2D eigenvalue weighted by molar-refractivity contribution is -0.146. The highest BCUT2D eigenvalue weighted by Gasteiger charge is 2.26. The van der Waals surface area contributed by atoms with E-state index in [1.807, 2.05) is 0 Å². The summed E-state index contributed by atoms with van der Waals surface area (Å²) in [7, 11) is 0. The van der Waals surface area contributed by atoms with Gasteiger partial charge in [0.25, 0.3) is 0 Å². The van der Waals surface area contributed by atoms with Crippen molar-refractivity contribution < 1.29 is 9.53 Å². The molecule has 1 saturated carbocycles. The fourth-order valence-corrected chi connectivity index (χ4v) is 3.22. The molecule has 0 heterocycles. The van der Waals surface area contributed by atoms with Crippen molar-refractivity contribution in [1.29, 1.82) is 0 Å². The van der Waals surface area contributed by atoms with Crippen LogP contribution in [-0.4, -0.2) is 12.1 Å². The number of hydrogen-bond acceptors (Lipinski definition) is 2. The van der Waals surface area contributed by atoms with Crippen LogP contribution in [0.1, 0.15) is 57.4 Å². The monoisotopic (exact) mass is 274 g/mol. The molecule has 1 aromatic rings. The molecule has 2 nitrogen and oxygen atoms in total. The number of carbonyl (C=O) groups is 1. The molecule has 2 unspecified atom stereocenters. The summed E-state index contributed by atoms with van der Waals surface area (Å²) in [6.07, 6.45) is 9.97. The highest BCUT2D eigenvalue weighted by Crippen LogP contribution is 2.31. The van der Waals surface area contributed by atoms with Crippen molar-refractivity contribution in [3.63, 3.8) is 0 Å². The molecule has 110 valence electrons. The van der Waals surface area contributed by atoms with Gasteiger partial charge < -0.3 is 4.74 Å². The number of unbranched alkanes of at least 4 members (excludes halogenated alkanes) is 2. The third kappa shape index (κ3) is 5.36. The quantitative estimate of drug-likeness (QED) is 0.539. The molecule has 1 aliphatic carbocycles. The number of hydrogen-bond donors (Lipinski definition) is 0. The molecule has 1 fully saturated rings. The minimum Gasteiger partial charge on any atom is -0.463 e. The Bertz CT molecular complexity index is 399. The Labute approximate surface area is 122 Å². The Morgan fingerprint density at radius 3 is 2.70 bits per heavy atom. The molecule has 0 spiro atoms. The Balaban J connectivity index is 1.53. The summed E-state index contributed by atoms with van der Waals surface area (Å²) >= 11 is 0. The first-order chi connectivity index (χ1) is 9.74. The lowest BCUT2D eigenvalue weighted by Gasteiger charge is -2.11. The summed E-state index contributed by atoms with van der Waals surface area (Å²) in [5, 5.41) is 0. The zero-order valence-electron chi connectivity index (χ0n) is 12.5. The van der Waals surface area contributed by atoms with Gasteiger partial charge in [0.1, 0.15) is 6.10 Å². The largest absolute Gasteiger partial charge is 0.463 e. The molecule has 0 radical (unpaired) electrons. The molecule has 1 aromatic carbocycles. The first-order valence-electron chi connectivity index (χ1n) is 7.95. The van der Waals surface area contributed by atoms with Gasteiger partial charge in [0.2, 0.25) is 0 Å². The molecule has 0 aromatic heterocycles.